The highest BCUT2D eigenvalue weighted by Crippen LogP contribution is 2.25. The van der Waals surface area contributed by atoms with Crippen LogP contribution in [0.4, 0.5) is 4.39 Å². The molecule has 0 nitrogen and oxygen atoms in total. The van der Waals surface area contributed by atoms with E-state index in [0.29, 0.717) is 5.92 Å². The lowest BCUT2D eigenvalue weighted by atomic mass is 9.93. The van der Waals surface area contributed by atoms with Gasteiger partial charge in [-0.1, -0.05) is 63.4 Å². The molecule has 19 heavy (non-hydrogen) atoms. The van der Waals surface area contributed by atoms with Crippen molar-refractivity contribution in [1.82, 2.24) is 0 Å². The van der Waals surface area contributed by atoms with Crippen LogP contribution in [0.25, 0.3) is 0 Å². The highest BCUT2D eigenvalue weighted by atomic mass is 79.9. The average Bonchev–Trinajstić information content (AvgIpc) is 2.41. The third-order valence-electron chi connectivity index (χ3n) is 3.20. The summed E-state index contributed by atoms with van der Waals surface area (Å²) in [5.41, 5.74) is 3.47. The SMILES string of the molecule is Cc1ccc(C(CBr)Cc2ccc(Cl)c(F)c2)cc1. The van der Waals surface area contributed by atoms with Gasteiger partial charge in [-0.3, -0.25) is 0 Å². The first-order valence-corrected chi connectivity index (χ1v) is 7.66. The van der Waals surface area contributed by atoms with Gasteiger partial charge in [0.15, 0.2) is 0 Å². The molecule has 0 spiro atoms. The summed E-state index contributed by atoms with van der Waals surface area (Å²) >= 11 is 9.24. The summed E-state index contributed by atoms with van der Waals surface area (Å²) in [6.07, 6.45) is 0.794. The molecule has 0 bridgehead atoms. The Morgan fingerprint density at radius 2 is 1.84 bits per heavy atom. The number of rotatable bonds is 4. The molecule has 2 aromatic carbocycles. The highest BCUT2D eigenvalue weighted by Gasteiger charge is 2.12. The smallest absolute Gasteiger partial charge is 0.142 e. The number of benzene rings is 2. The van der Waals surface area contributed by atoms with Crippen molar-refractivity contribution < 1.29 is 4.39 Å². The molecule has 0 heterocycles. The first-order chi connectivity index (χ1) is 9.10. The van der Waals surface area contributed by atoms with Gasteiger partial charge >= 0.3 is 0 Å². The maximum Gasteiger partial charge on any atom is 0.142 e. The summed E-state index contributed by atoms with van der Waals surface area (Å²) < 4.78 is 13.4. The molecule has 3 heteroatoms. The van der Waals surface area contributed by atoms with Crippen LogP contribution in [0.3, 0.4) is 0 Å². The van der Waals surface area contributed by atoms with Gasteiger partial charge < -0.3 is 0 Å². The molecule has 1 unspecified atom stereocenters. The summed E-state index contributed by atoms with van der Waals surface area (Å²) in [6.45, 7) is 2.07. The van der Waals surface area contributed by atoms with Crippen molar-refractivity contribution in [2.24, 2.45) is 0 Å². The van der Waals surface area contributed by atoms with Crippen molar-refractivity contribution in [3.63, 3.8) is 0 Å². The van der Waals surface area contributed by atoms with Crippen LogP contribution in [0.2, 0.25) is 5.02 Å². The molecule has 0 saturated carbocycles. The molecule has 0 saturated heterocycles. The Hall–Kier alpha value is -0.860. The minimum absolute atomic E-state index is 0.175. The van der Waals surface area contributed by atoms with Crippen LogP contribution in [0, 0.1) is 12.7 Å². The van der Waals surface area contributed by atoms with Gasteiger partial charge in [0, 0.05) is 5.33 Å². The second-order valence-corrected chi connectivity index (χ2v) is 5.77. The summed E-state index contributed by atoms with van der Waals surface area (Å²) in [6, 6.07) is 13.5. The third-order valence-corrected chi connectivity index (χ3v) is 4.29. The van der Waals surface area contributed by atoms with Crippen molar-refractivity contribution in [3.05, 3.63) is 70.0 Å². The van der Waals surface area contributed by atoms with Crippen LogP contribution in [0.5, 0.6) is 0 Å². The van der Waals surface area contributed by atoms with Crippen molar-refractivity contribution in [2.45, 2.75) is 19.3 Å². The second kappa shape index (κ2) is 6.53. The quantitative estimate of drug-likeness (QED) is 0.643. The number of halogens is 3. The van der Waals surface area contributed by atoms with Crippen LogP contribution >= 0.6 is 27.5 Å². The van der Waals surface area contributed by atoms with Gasteiger partial charge in [-0.05, 0) is 42.5 Å². The molecular weight excluding hydrogens is 327 g/mol. The van der Waals surface area contributed by atoms with Gasteiger partial charge in [0.2, 0.25) is 0 Å². The van der Waals surface area contributed by atoms with E-state index in [1.54, 1.807) is 6.07 Å². The molecule has 0 aromatic heterocycles. The van der Waals surface area contributed by atoms with E-state index in [1.807, 2.05) is 6.07 Å². The van der Waals surface area contributed by atoms with Crippen LogP contribution in [-0.4, -0.2) is 5.33 Å². The normalized spacial score (nSPS) is 12.4. The summed E-state index contributed by atoms with van der Waals surface area (Å²) in [5, 5.41) is 1.02. The fourth-order valence-electron chi connectivity index (χ4n) is 2.05. The molecule has 100 valence electrons. The Balaban J connectivity index is 2.18. The topological polar surface area (TPSA) is 0 Å². The van der Waals surface area contributed by atoms with Crippen LogP contribution in [-0.2, 0) is 6.42 Å². The first-order valence-electron chi connectivity index (χ1n) is 6.16. The summed E-state index contributed by atoms with van der Waals surface area (Å²) in [4.78, 5) is 0. The van der Waals surface area contributed by atoms with Crippen LogP contribution in [0.1, 0.15) is 22.6 Å². The number of hydrogen-bond acceptors (Lipinski definition) is 0. The van der Waals surface area contributed by atoms with Crippen LogP contribution in [0.15, 0.2) is 42.5 Å². The molecule has 0 fully saturated rings. The molecule has 0 aliphatic heterocycles. The van der Waals surface area contributed by atoms with Gasteiger partial charge in [0.25, 0.3) is 0 Å². The number of alkyl halides is 1. The molecule has 0 N–H and O–H groups in total. The maximum atomic E-state index is 13.4. The zero-order chi connectivity index (χ0) is 13.8. The van der Waals surface area contributed by atoms with Crippen molar-refractivity contribution >= 4 is 27.5 Å². The Kier molecular flexibility index (Phi) is 5.00. The maximum absolute atomic E-state index is 13.4. The average molecular weight is 342 g/mol. The third kappa shape index (κ3) is 3.80. The second-order valence-electron chi connectivity index (χ2n) is 4.71. The van der Waals surface area contributed by atoms with Crippen molar-refractivity contribution in [3.8, 4) is 0 Å². The van der Waals surface area contributed by atoms with E-state index in [9.17, 15) is 4.39 Å². The van der Waals surface area contributed by atoms with E-state index in [4.69, 9.17) is 11.6 Å². The zero-order valence-corrected chi connectivity index (χ0v) is 13.0. The van der Waals surface area contributed by atoms with E-state index in [2.05, 4.69) is 47.1 Å². The largest absolute Gasteiger partial charge is 0.205 e. The highest BCUT2D eigenvalue weighted by molar-refractivity contribution is 9.09. The Bertz CT molecular complexity index is 551. The number of hydrogen-bond donors (Lipinski definition) is 0. The molecular formula is C16H15BrClF. The predicted molar refractivity (Wildman–Crippen MR) is 82.8 cm³/mol. The van der Waals surface area contributed by atoms with Gasteiger partial charge in [-0.15, -0.1) is 0 Å². The van der Waals surface area contributed by atoms with Gasteiger partial charge in [0.1, 0.15) is 5.82 Å². The van der Waals surface area contributed by atoms with E-state index in [0.717, 1.165) is 17.3 Å². The Morgan fingerprint density at radius 3 is 2.42 bits per heavy atom. The molecule has 2 aromatic rings. The predicted octanol–water partition coefficient (Wildman–Crippen LogP) is 5.51. The van der Waals surface area contributed by atoms with Gasteiger partial charge in [-0.2, -0.15) is 0 Å². The lowest BCUT2D eigenvalue weighted by Crippen LogP contribution is -2.05. The van der Waals surface area contributed by atoms with E-state index in [-0.39, 0.29) is 10.8 Å². The minimum atomic E-state index is -0.351. The first kappa shape index (κ1) is 14.5. The monoisotopic (exact) mass is 340 g/mol. The van der Waals surface area contributed by atoms with Crippen LogP contribution < -0.4 is 0 Å². The fraction of sp³-hybridized carbons (Fsp3) is 0.250. The van der Waals surface area contributed by atoms with Crippen molar-refractivity contribution in [2.75, 3.05) is 5.33 Å². The van der Waals surface area contributed by atoms with E-state index in [1.165, 1.54) is 17.2 Å². The standard InChI is InChI=1S/C16H15BrClF/c1-11-2-5-13(6-3-11)14(10-17)8-12-4-7-15(18)16(19)9-12/h2-7,9,14H,8,10H2,1H3. The zero-order valence-electron chi connectivity index (χ0n) is 10.7. The molecule has 0 aliphatic carbocycles. The summed E-state index contributed by atoms with van der Waals surface area (Å²) in [7, 11) is 0. The molecule has 0 aliphatic rings. The summed E-state index contributed by atoms with van der Waals surface area (Å²) in [5.74, 6) is -0.0161. The fourth-order valence-corrected chi connectivity index (χ4v) is 2.77. The molecule has 1 atom stereocenters. The Labute approximate surface area is 126 Å². The molecule has 0 radical (unpaired) electrons. The number of aryl methyl sites for hydroxylation is 1. The molecule has 2 rings (SSSR count). The Morgan fingerprint density at radius 1 is 1.16 bits per heavy atom. The van der Waals surface area contributed by atoms with Gasteiger partial charge in [-0.25, -0.2) is 4.39 Å². The molecule has 0 amide bonds. The van der Waals surface area contributed by atoms with E-state index >= 15 is 0 Å². The lowest BCUT2D eigenvalue weighted by molar-refractivity contribution is 0.624. The van der Waals surface area contributed by atoms with Gasteiger partial charge in [0.05, 0.1) is 5.02 Å². The minimum Gasteiger partial charge on any atom is -0.205 e. The lowest BCUT2D eigenvalue weighted by Gasteiger charge is -2.15. The van der Waals surface area contributed by atoms with Crippen molar-refractivity contribution in [1.29, 1.82) is 0 Å². The van der Waals surface area contributed by atoms with E-state index < -0.39 is 0 Å².